The van der Waals surface area contributed by atoms with E-state index in [1.165, 1.54) is 0 Å². The molecule has 0 fully saturated rings. The Kier molecular flexibility index (Phi) is 7.69. The van der Waals surface area contributed by atoms with E-state index >= 15 is 0 Å². The molecule has 0 aromatic heterocycles. The zero-order chi connectivity index (χ0) is 20.0. The average Bonchev–Trinajstić information content (AvgIpc) is 2.64. The van der Waals surface area contributed by atoms with Crippen LogP contribution in [-0.4, -0.2) is 29.8 Å². The van der Waals surface area contributed by atoms with Gasteiger partial charge >= 0.3 is 0 Å². The zero-order valence-corrected chi connectivity index (χ0v) is 17.3. The summed E-state index contributed by atoms with van der Waals surface area (Å²) in [5, 5.41) is 3.65. The van der Waals surface area contributed by atoms with E-state index < -0.39 is 6.04 Å². The van der Waals surface area contributed by atoms with Crippen LogP contribution in [0.2, 0.25) is 10.0 Å². The summed E-state index contributed by atoms with van der Waals surface area (Å²) in [7, 11) is 1.57. The van der Waals surface area contributed by atoms with Crippen LogP contribution >= 0.6 is 23.2 Å². The highest BCUT2D eigenvalue weighted by Gasteiger charge is 2.28. The van der Waals surface area contributed by atoms with Gasteiger partial charge in [0.2, 0.25) is 11.8 Å². The molecule has 0 radical (unpaired) electrons. The lowest BCUT2D eigenvalue weighted by atomic mass is 10.0. The number of hydrogen-bond acceptors (Lipinski definition) is 2. The van der Waals surface area contributed by atoms with Gasteiger partial charge in [0.25, 0.3) is 0 Å². The SMILES string of the molecule is CC[C@H](C(=O)NC)N(Cc1ccc(Cl)cc1Cl)C(=O)Cc1ccccc1C. The molecule has 0 aliphatic carbocycles. The lowest BCUT2D eigenvalue weighted by molar-refractivity contribution is -0.140. The number of benzene rings is 2. The van der Waals surface area contributed by atoms with E-state index in [1.54, 1.807) is 30.1 Å². The minimum Gasteiger partial charge on any atom is -0.357 e. The Morgan fingerprint density at radius 1 is 1.11 bits per heavy atom. The summed E-state index contributed by atoms with van der Waals surface area (Å²) in [6, 6.07) is 12.3. The number of carbonyl (C=O) groups is 2. The Hall–Kier alpha value is -2.04. The number of nitrogens with zero attached hydrogens (tertiary/aromatic N) is 1. The maximum absolute atomic E-state index is 13.1. The molecular weight excluding hydrogens is 383 g/mol. The van der Waals surface area contributed by atoms with E-state index in [4.69, 9.17) is 23.2 Å². The highest BCUT2D eigenvalue weighted by molar-refractivity contribution is 6.35. The number of halogens is 2. The van der Waals surface area contributed by atoms with Crippen molar-refractivity contribution in [3.8, 4) is 0 Å². The third-order valence-electron chi connectivity index (χ3n) is 4.59. The molecule has 0 saturated carbocycles. The van der Waals surface area contributed by atoms with Crippen LogP contribution in [0.4, 0.5) is 0 Å². The average molecular weight is 407 g/mol. The van der Waals surface area contributed by atoms with Gasteiger partial charge in [-0.3, -0.25) is 9.59 Å². The van der Waals surface area contributed by atoms with Crippen LogP contribution < -0.4 is 5.32 Å². The van der Waals surface area contributed by atoms with E-state index in [0.29, 0.717) is 16.5 Å². The topological polar surface area (TPSA) is 49.4 Å². The fourth-order valence-electron chi connectivity index (χ4n) is 2.99. The van der Waals surface area contributed by atoms with Gasteiger partial charge < -0.3 is 10.2 Å². The van der Waals surface area contributed by atoms with Crippen molar-refractivity contribution in [3.63, 3.8) is 0 Å². The van der Waals surface area contributed by atoms with Gasteiger partial charge in [-0.05, 0) is 42.2 Å². The van der Waals surface area contributed by atoms with Gasteiger partial charge in [0, 0.05) is 23.6 Å². The number of nitrogens with one attached hydrogen (secondary N) is 1. The second-order valence-corrected chi connectivity index (χ2v) is 7.24. The predicted molar refractivity (Wildman–Crippen MR) is 110 cm³/mol. The molecule has 0 aliphatic heterocycles. The number of rotatable bonds is 7. The summed E-state index contributed by atoms with van der Waals surface area (Å²) in [5.41, 5.74) is 2.74. The van der Waals surface area contributed by atoms with Crippen molar-refractivity contribution in [3.05, 3.63) is 69.2 Å². The molecule has 27 heavy (non-hydrogen) atoms. The van der Waals surface area contributed by atoms with Crippen LogP contribution in [0.15, 0.2) is 42.5 Å². The maximum atomic E-state index is 13.1. The monoisotopic (exact) mass is 406 g/mol. The minimum atomic E-state index is -0.571. The van der Waals surface area contributed by atoms with Crippen LogP contribution in [0.25, 0.3) is 0 Å². The van der Waals surface area contributed by atoms with E-state index in [9.17, 15) is 9.59 Å². The van der Waals surface area contributed by atoms with Crippen LogP contribution in [-0.2, 0) is 22.6 Å². The molecular formula is C21H24Cl2N2O2. The van der Waals surface area contributed by atoms with Crippen molar-refractivity contribution < 1.29 is 9.59 Å². The van der Waals surface area contributed by atoms with Crippen LogP contribution in [0.5, 0.6) is 0 Å². The number of aryl methyl sites for hydroxylation is 1. The molecule has 1 N–H and O–H groups in total. The third kappa shape index (κ3) is 5.47. The lowest BCUT2D eigenvalue weighted by Gasteiger charge is -2.30. The molecule has 6 heteroatoms. The van der Waals surface area contributed by atoms with Gasteiger partial charge in [-0.1, -0.05) is 60.5 Å². The van der Waals surface area contributed by atoms with Crippen molar-refractivity contribution >= 4 is 35.0 Å². The minimum absolute atomic E-state index is 0.120. The second-order valence-electron chi connectivity index (χ2n) is 6.40. The molecule has 4 nitrogen and oxygen atoms in total. The zero-order valence-electron chi connectivity index (χ0n) is 15.8. The van der Waals surface area contributed by atoms with Crippen molar-refractivity contribution in [2.24, 2.45) is 0 Å². The summed E-state index contributed by atoms with van der Waals surface area (Å²) in [5.74, 6) is -0.313. The Balaban J connectivity index is 2.34. The Morgan fingerprint density at radius 3 is 2.41 bits per heavy atom. The van der Waals surface area contributed by atoms with Gasteiger partial charge in [-0.2, -0.15) is 0 Å². The van der Waals surface area contributed by atoms with Gasteiger partial charge in [-0.25, -0.2) is 0 Å². The summed E-state index contributed by atoms with van der Waals surface area (Å²) >= 11 is 12.3. The van der Waals surface area contributed by atoms with Crippen molar-refractivity contribution in [2.45, 2.75) is 39.3 Å². The number of hydrogen-bond donors (Lipinski definition) is 1. The molecule has 144 valence electrons. The highest BCUT2D eigenvalue weighted by Crippen LogP contribution is 2.24. The fourth-order valence-corrected chi connectivity index (χ4v) is 3.46. The van der Waals surface area contributed by atoms with E-state index in [-0.39, 0.29) is 24.8 Å². The standard InChI is InChI=1S/C21H24Cl2N2O2/c1-4-19(21(27)24-3)25(13-16-9-10-17(22)12-18(16)23)20(26)11-15-8-6-5-7-14(15)2/h5-10,12,19H,4,11,13H2,1-3H3,(H,24,27)/t19-/m1/s1. The smallest absolute Gasteiger partial charge is 0.242 e. The first-order valence-corrected chi connectivity index (χ1v) is 9.62. The summed E-state index contributed by atoms with van der Waals surface area (Å²) in [6.45, 7) is 4.10. The molecule has 0 spiro atoms. The van der Waals surface area contributed by atoms with E-state index in [2.05, 4.69) is 5.32 Å². The molecule has 2 rings (SSSR count). The Labute approximate surface area is 170 Å². The molecule has 0 bridgehead atoms. The van der Waals surface area contributed by atoms with Crippen LogP contribution in [0.1, 0.15) is 30.0 Å². The maximum Gasteiger partial charge on any atom is 0.242 e. The van der Waals surface area contributed by atoms with E-state index in [1.807, 2.05) is 38.1 Å². The number of likely N-dealkylation sites (N-methyl/N-ethyl adjacent to an activating group) is 1. The quantitative estimate of drug-likeness (QED) is 0.740. The Morgan fingerprint density at radius 2 is 1.81 bits per heavy atom. The molecule has 0 unspecified atom stereocenters. The molecule has 2 amide bonds. The van der Waals surface area contributed by atoms with Crippen molar-refractivity contribution in [2.75, 3.05) is 7.05 Å². The first kappa shape index (κ1) is 21.3. The first-order chi connectivity index (χ1) is 12.9. The number of carbonyl (C=O) groups excluding carboxylic acids is 2. The normalized spacial score (nSPS) is 11.7. The summed E-state index contributed by atoms with van der Waals surface area (Å²) in [4.78, 5) is 27.1. The lowest BCUT2D eigenvalue weighted by Crippen LogP contribution is -2.48. The van der Waals surface area contributed by atoms with Crippen LogP contribution in [0.3, 0.4) is 0 Å². The van der Waals surface area contributed by atoms with Crippen molar-refractivity contribution in [1.29, 1.82) is 0 Å². The molecule has 0 heterocycles. The van der Waals surface area contributed by atoms with Gasteiger partial charge in [0.05, 0.1) is 6.42 Å². The molecule has 0 saturated heterocycles. The molecule has 1 atom stereocenters. The second kappa shape index (κ2) is 9.77. The van der Waals surface area contributed by atoms with E-state index in [0.717, 1.165) is 16.7 Å². The largest absolute Gasteiger partial charge is 0.357 e. The summed E-state index contributed by atoms with van der Waals surface area (Å²) < 4.78 is 0. The molecule has 2 aromatic rings. The van der Waals surface area contributed by atoms with Gasteiger partial charge in [-0.15, -0.1) is 0 Å². The number of amides is 2. The Bertz CT molecular complexity index is 824. The molecule has 2 aromatic carbocycles. The van der Waals surface area contributed by atoms with Crippen molar-refractivity contribution in [1.82, 2.24) is 10.2 Å². The van der Waals surface area contributed by atoms with Gasteiger partial charge in [0.1, 0.15) is 6.04 Å². The molecule has 0 aliphatic rings. The predicted octanol–water partition coefficient (Wildman–Crippen LogP) is 4.40. The first-order valence-electron chi connectivity index (χ1n) is 8.86. The fraction of sp³-hybridized carbons (Fsp3) is 0.333. The van der Waals surface area contributed by atoms with Gasteiger partial charge in [0.15, 0.2) is 0 Å². The third-order valence-corrected chi connectivity index (χ3v) is 5.18. The summed E-state index contributed by atoms with van der Waals surface area (Å²) in [6.07, 6.45) is 0.732. The highest BCUT2D eigenvalue weighted by atomic mass is 35.5. The van der Waals surface area contributed by atoms with Crippen LogP contribution in [0, 0.1) is 6.92 Å².